The molecule has 1 heterocycles. The second-order valence-electron chi connectivity index (χ2n) is 4.48. The van der Waals surface area contributed by atoms with Gasteiger partial charge in [-0.15, -0.1) is 11.8 Å². The molecule has 0 atom stereocenters. The third-order valence-electron chi connectivity index (χ3n) is 3.15. The van der Waals surface area contributed by atoms with Gasteiger partial charge in [0.15, 0.2) is 0 Å². The number of nitrogens with zero attached hydrogens (tertiary/aromatic N) is 3. The largest absolute Gasteiger partial charge is 0.380 e. The number of anilines is 1. The van der Waals surface area contributed by atoms with Crippen molar-refractivity contribution in [2.75, 3.05) is 11.6 Å². The van der Waals surface area contributed by atoms with Crippen LogP contribution >= 0.6 is 11.8 Å². The minimum Gasteiger partial charge on any atom is -0.380 e. The molecule has 1 aromatic carbocycles. The predicted octanol–water partition coefficient (Wildman–Crippen LogP) is 3.19. The average Bonchev–Trinajstić information content (AvgIpc) is 2.84. The van der Waals surface area contributed by atoms with Crippen LogP contribution in [0, 0.1) is 11.3 Å². The molecule has 0 aliphatic rings. The molecule has 0 radical (unpaired) electrons. The molecular formula is C15H18N4S. The molecule has 0 saturated carbocycles. The molecular weight excluding hydrogens is 268 g/mol. The second-order valence-corrected chi connectivity index (χ2v) is 5.32. The van der Waals surface area contributed by atoms with Crippen LogP contribution in [0.1, 0.15) is 23.7 Å². The fourth-order valence-electron chi connectivity index (χ4n) is 2.18. The first-order valence-corrected chi connectivity index (χ1v) is 7.74. The summed E-state index contributed by atoms with van der Waals surface area (Å²) in [7, 11) is 1.93. The summed E-state index contributed by atoms with van der Waals surface area (Å²) in [5, 5.41) is 17.1. The summed E-state index contributed by atoms with van der Waals surface area (Å²) in [6, 6.07) is 8.17. The maximum absolute atomic E-state index is 9.31. The molecule has 20 heavy (non-hydrogen) atoms. The van der Waals surface area contributed by atoms with E-state index in [-0.39, 0.29) is 0 Å². The molecule has 0 amide bonds. The summed E-state index contributed by atoms with van der Waals surface area (Å²) >= 11 is 1.59. The summed E-state index contributed by atoms with van der Waals surface area (Å²) in [6.45, 7) is 2.78. The van der Waals surface area contributed by atoms with Crippen molar-refractivity contribution in [2.24, 2.45) is 7.05 Å². The van der Waals surface area contributed by atoms with Crippen molar-refractivity contribution in [2.45, 2.75) is 24.8 Å². The Labute approximate surface area is 123 Å². The normalized spacial score (nSPS) is 10.3. The highest BCUT2D eigenvalue weighted by atomic mass is 32.2. The third kappa shape index (κ3) is 2.97. The van der Waals surface area contributed by atoms with Crippen LogP contribution in [0.15, 0.2) is 29.3 Å². The zero-order valence-electron chi connectivity index (χ0n) is 12.0. The van der Waals surface area contributed by atoms with Gasteiger partial charge in [0.1, 0.15) is 6.07 Å². The van der Waals surface area contributed by atoms with Crippen LogP contribution in [-0.4, -0.2) is 16.0 Å². The van der Waals surface area contributed by atoms with Crippen LogP contribution in [0.25, 0.3) is 0 Å². The Morgan fingerprint density at radius 1 is 1.45 bits per heavy atom. The van der Waals surface area contributed by atoms with Crippen molar-refractivity contribution in [1.82, 2.24) is 9.78 Å². The molecule has 0 saturated heterocycles. The molecule has 0 fully saturated rings. The highest BCUT2D eigenvalue weighted by Gasteiger charge is 2.09. The third-order valence-corrected chi connectivity index (χ3v) is 3.93. The Morgan fingerprint density at radius 2 is 2.25 bits per heavy atom. The molecule has 104 valence electrons. The average molecular weight is 286 g/mol. The topological polar surface area (TPSA) is 53.6 Å². The van der Waals surface area contributed by atoms with E-state index >= 15 is 0 Å². The van der Waals surface area contributed by atoms with E-state index in [1.54, 1.807) is 11.8 Å². The molecule has 0 unspecified atom stereocenters. The molecule has 5 heteroatoms. The number of nitriles is 1. The number of thioether (sulfide) groups is 1. The summed E-state index contributed by atoms with van der Waals surface area (Å²) in [4.78, 5) is 0.999. The Hall–Kier alpha value is -1.93. The SMILES string of the molecule is CCc1nn(C)cc1CNc1cccc(SC)c1C#N. The maximum Gasteiger partial charge on any atom is 0.102 e. The van der Waals surface area contributed by atoms with E-state index in [1.807, 2.05) is 42.4 Å². The van der Waals surface area contributed by atoms with Crippen LogP contribution in [0.4, 0.5) is 5.69 Å². The minimum atomic E-state index is 0.684. The fraction of sp³-hybridized carbons (Fsp3) is 0.333. The van der Waals surface area contributed by atoms with Gasteiger partial charge >= 0.3 is 0 Å². The number of hydrogen-bond donors (Lipinski definition) is 1. The molecule has 1 aromatic heterocycles. The molecule has 0 spiro atoms. The van der Waals surface area contributed by atoms with E-state index in [9.17, 15) is 5.26 Å². The van der Waals surface area contributed by atoms with E-state index in [0.717, 1.165) is 22.7 Å². The Morgan fingerprint density at radius 3 is 2.90 bits per heavy atom. The number of nitrogens with one attached hydrogen (secondary N) is 1. The predicted molar refractivity (Wildman–Crippen MR) is 82.9 cm³/mol. The van der Waals surface area contributed by atoms with Gasteiger partial charge in [0.25, 0.3) is 0 Å². The Bertz CT molecular complexity index is 640. The zero-order valence-corrected chi connectivity index (χ0v) is 12.8. The van der Waals surface area contributed by atoms with E-state index < -0.39 is 0 Å². The standard InChI is InChI=1S/C15H18N4S/c1-4-13-11(10-19(2)18-13)9-17-14-6-5-7-15(20-3)12(14)8-16/h5-7,10,17H,4,9H2,1-3H3. The van der Waals surface area contributed by atoms with Crippen LogP contribution in [0.2, 0.25) is 0 Å². The maximum atomic E-state index is 9.31. The van der Waals surface area contributed by atoms with Crippen LogP contribution in [0.5, 0.6) is 0 Å². The summed E-state index contributed by atoms with van der Waals surface area (Å²) < 4.78 is 1.83. The van der Waals surface area contributed by atoms with Gasteiger partial charge in [-0.05, 0) is 24.8 Å². The molecule has 2 aromatic rings. The molecule has 4 nitrogen and oxygen atoms in total. The lowest BCUT2D eigenvalue weighted by Gasteiger charge is -2.10. The lowest BCUT2D eigenvalue weighted by atomic mass is 10.1. The lowest BCUT2D eigenvalue weighted by Crippen LogP contribution is -2.03. The number of benzene rings is 1. The van der Waals surface area contributed by atoms with E-state index in [2.05, 4.69) is 23.4 Å². The molecule has 1 N–H and O–H groups in total. The smallest absolute Gasteiger partial charge is 0.102 e. The summed E-state index contributed by atoms with van der Waals surface area (Å²) in [6.07, 6.45) is 4.92. The monoisotopic (exact) mass is 286 g/mol. The van der Waals surface area contributed by atoms with Gasteiger partial charge in [-0.2, -0.15) is 10.4 Å². The van der Waals surface area contributed by atoms with Gasteiger partial charge < -0.3 is 5.32 Å². The summed E-state index contributed by atoms with van der Waals surface area (Å²) in [5.41, 5.74) is 3.86. The number of rotatable bonds is 5. The first-order chi connectivity index (χ1) is 9.69. The first kappa shape index (κ1) is 14.5. The van der Waals surface area contributed by atoms with E-state index in [1.165, 1.54) is 5.56 Å². The Kier molecular flexibility index (Phi) is 4.70. The van der Waals surface area contributed by atoms with Gasteiger partial charge in [0.2, 0.25) is 0 Å². The lowest BCUT2D eigenvalue weighted by molar-refractivity contribution is 0.746. The molecule has 2 rings (SSSR count). The van der Waals surface area contributed by atoms with Crippen LogP contribution in [0.3, 0.4) is 0 Å². The van der Waals surface area contributed by atoms with Crippen molar-refractivity contribution in [3.05, 3.63) is 41.2 Å². The summed E-state index contributed by atoms with van der Waals surface area (Å²) in [5.74, 6) is 0. The first-order valence-electron chi connectivity index (χ1n) is 6.52. The van der Waals surface area contributed by atoms with Gasteiger partial charge in [-0.25, -0.2) is 0 Å². The molecule has 0 bridgehead atoms. The number of aryl methyl sites for hydroxylation is 2. The van der Waals surface area contributed by atoms with Crippen molar-refractivity contribution >= 4 is 17.4 Å². The highest BCUT2D eigenvalue weighted by Crippen LogP contribution is 2.26. The van der Waals surface area contributed by atoms with Crippen LogP contribution < -0.4 is 5.32 Å². The highest BCUT2D eigenvalue weighted by molar-refractivity contribution is 7.98. The number of hydrogen-bond acceptors (Lipinski definition) is 4. The fourth-order valence-corrected chi connectivity index (χ4v) is 2.76. The van der Waals surface area contributed by atoms with Crippen molar-refractivity contribution in [1.29, 1.82) is 5.26 Å². The molecule has 0 aliphatic heterocycles. The van der Waals surface area contributed by atoms with Crippen molar-refractivity contribution in [3.8, 4) is 6.07 Å². The van der Waals surface area contributed by atoms with Gasteiger partial charge in [-0.3, -0.25) is 4.68 Å². The van der Waals surface area contributed by atoms with Crippen molar-refractivity contribution < 1.29 is 0 Å². The zero-order chi connectivity index (χ0) is 14.5. The van der Waals surface area contributed by atoms with Gasteiger partial charge in [0.05, 0.1) is 16.9 Å². The minimum absolute atomic E-state index is 0.684. The van der Waals surface area contributed by atoms with Crippen molar-refractivity contribution in [3.63, 3.8) is 0 Å². The van der Waals surface area contributed by atoms with Gasteiger partial charge in [0, 0.05) is 30.2 Å². The van der Waals surface area contributed by atoms with Gasteiger partial charge in [-0.1, -0.05) is 13.0 Å². The van der Waals surface area contributed by atoms with Crippen LogP contribution in [-0.2, 0) is 20.0 Å². The second kappa shape index (κ2) is 6.49. The number of aromatic nitrogens is 2. The van der Waals surface area contributed by atoms with E-state index in [4.69, 9.17) is 0 Å². The molecule has 0 aliphatic carbocycles. The van der Waals surface area contributed by atoms with E-state index in [0.29, 0.717) is 12.1 Å². The quantitative estimate of drug-likeness (QED) is 0.858. The Balaban J connectivity index is 2.21.